The SMILES string of the molecule is O=CC(N=O)c1ccc(F)cc1. The molecule has 3 nitrogen and oxygen atoms in total. The van der Waals surface area contributed by atoms with Crippen molar-refractivity contribution < 1.29 is 9.18 Å². The topological polar surface area (TPSA) is 46.5 Å². The van der Waals surface area contributed by atoms with Crippen LogP contribution in [0.2, 0.25) is 0 Å². The van der Waals surface area contributed by atoms with E-state index in [-0.39, 0.29) is 0 Å². The van der Waals surface area contributed by atoms with E-state index in [1.165, 1.54) is 24.3 Å². The summed E-state index contributed by atoms with van der Waals surface area (Å²) in [6.45, 7) is 0. The Balaban J connectivity index is 2.94. The Bertz CT molecular complexity index is 276. The van der Waals surface area contributed by atoms with Gasteiger partial charge in [0.25, 0.3) is 0 Å². The van der Waals surface area contributed by atoms with Crippen LogP contribution in [0.1, 0.15) is 11.6 Å². The van der Waals surface area contributed by atoms with Gasteiger partial charge in [0.1, 0.15) is 5.82 Å². The second-order valence-corrected chi connectivity index (χ2v) is 2.24. The molecular formula is C8H6FNO2. The van der Waals surface area contributed by atoms with Gasteiger partial charge in [-0.2, -0.15) is 0 Å². The summed E-state index contributed by atoms with van der Waals surface area (Å²) in [5.74, 6) is -0.408. The first-order valence-corrected chi connectivity index (χ1v) is 3.31. The fourth-order valence-corrected chi connectivity index (χ4v) is 0.824. The highest BCUT2D eigenvalue weighted by atomic mass is 19.1. The maximum atomic E-state index is 12.4. The quantitative estimate of drug-likeness (QED) is 0.509. The van der Waals surface area contributed by atoms with Crippen LogP contribution in [0.3, 0.4) is 0 Å². The van der Waals surface area contributed by atoms with Crippen LogP contribution in [0.25, 0.3) is 0 Å². The van der Waals surface area contributed by atoms with Crippen molar-refractivity contribution in [1.29, 1.82) is 0 Å². The van der Waals surface area contributed by atoms with E-state index in [1.807, 2.05) is 0 Å². The standard InChI is InChI=1S/C8H6FNO2/c9-7-3-1-6(2-4-7)8(5-11)10-12/h1-5,8H. The second-order valence-electron chi connectivity index (χ2n) is 2.24. The van der Waals surface area contributed by atoms with Crippen molar-refractivity contribution in [2.24, 2.45) is 5.18 Å². The highest BCUT2D eigenvalue weighted by Crippen LogP contribution is 2.14. The number of benzene rings is 1. The Morgan fingerprint density at radius 2 is 1.92 bits per heavy atom. The van der Waals surface area contributed by atoms with Gasteiger partial charge in [0, 0.05) is 0 Å². The molecule has 0 aliphatic rings. The molecule has 1 rings (SSSR count). The zero-order valence-electron chi connectivity index (χ0n) is 6.11. The predicted molar refractivity (Wildman–Crippen MR) is 41.0 cm³/mol. The predicted octanol–water partition coefficient (Wildman–Crippen LogP) is 1.83. The summed E-state index contributed by atoms with van der Waals surface area (Å²) in [7, 11) is 0. The van der Waals surface area contributed by atoms with Crippen LogP contribution in [0.5, 0.6) is 0 Å². The lowest BCUT2D eigenvalue weighted by molar-refractivity contribution is -0.108. The number of carbonyl (C=O) groups is 1. The van der Waals surface area contributed by atoms with Crippen LogP contribution in [-0.2, 0) is 4.79 Å². The Labute approximate surface area is 68.2 Å². The molecule has 0 aliphatic carbocycles. The van der Waals surface area contributed by atoms with E-state index in [0.29, 0.717) is 11.8 Å². The van der Waals surface area contributed by atoms with E-state index >= 15 is 0 Å². The van der Waals surface area contributed by atoms with E-state index in [2.05, 4.69) is 5.18 Å². The number of nitroso groups, excluding NO2 is 1. The largest absolute Gasteiger partial charge is 0.300 e. The highest BCUT2D eigenvalue weighted by molar-refractivity contribution is 5.61. The maximum Gasteiger partial charge on any atom is 0.172 e. The van der Waals surface area contributed by atoms with Crippen molar-refractivity contribution in [3.05, 3.63) is 40.6 Å². The van der Waals surface area contributed by atoms with Crippen molar-refractivity contribution in [2.75, 3.05) is 0 Å². The van der Waals surface area contributed by atoms with E-state index in [1.54, 1.807) is 0 Å². The van der Waals surface area contributed by atoms with E-state index < -0.39 is 11.9 Å². The fraction of sp³-hybridized carbons (Fsp3) is 0.125. The third-order valence-electron chi connectivity index (χ3n) is 1.45. The van der Waals surface area contributed by atoms with Crippen molar-refractivity contribution >= 4 is 6.29 Å². The normalized spacial score (nSPS) is 12.1. The smallest absolute Gasteiger partial charge is 0.172 e. The molecular weight excluding hydrogens is 161 g/mol. The highest BCUT2D eigenvalue weighted by Gasteiger charge is 2.08. The summed E-state index contributed by atoms with van der Waals surface area (Å²) in [5, 5.41) is 2.57. The van der Waals surface area contributed by atoms with Crippen LogP contribution in [0, 0.1) is 10.7 Å². The average Bonchev–Trinajstić information content (AvgIpc) is 2.10. The monoisotopic (exact) mass is 167 g/mol. The molecule has 0 saturated carbocycles. The minimum absolute atomic E-state index is 0.404. The molecule has 1 unspecified atom stereocenters. The molecule has 1 aromatic rings. The molecule has 0 amide bonds. The summed E-state index contributed by atoms with van der Waals surface area (Å²) >= 11 is 0. The van der Waals surface area contributed by atoms with Gasteiger partial charge in [0.15, 0.2) is 12.3 Å². The molecule has 0 N–H and O–H groups in total. The third kappa shape index (κ3) is 1.72. The van der Waals surface area contributed by atoms with Gasteiger partial charge < -0.3 is 4.79 Å². The summed E-state index contributed by atoms with van der Waals surface area (Å²) in [4.78, 5) is 20.3. The van der Waals surface area contributed by atoms with Crippen LogP contribution in [-0.4, -0.2) is 6.29 Å². The number of aldehydes is 1. The summed E-state index contributed by atoms with van der Waals surface area (Å²) in [6, 6.07) is 4.05. The fourth-order valence-electron chi connectivity index (χ4n) is 0.824. The molecule has 4 heteroatoms. The van der Waals surface area contributed by atoms with E-state index in [9.17, 15) is 14.1 Å². The number of carbonyl (C=O) groups excluding carboxylic acids is 1. The Morgan fingerprint density at radius 3 is 2.33 bits per heavy atom. The second kappa shape index (κ2) is 3.71. The molecule has 0 bridgehead atoms. The van der Waals surface area contributed by atoms with Crippen molar-refractivity contribution in [3.63, 3.8) is 0 Å². The number of hydrogen-bond acceptors (Lipinski definition) is 3. The average molecular weight is 167 g/mol. The molecule has 62 valence electrons. The molecule has 0 fully saturated rings. The van der Waals surface area contributed by atoms with Crippen LogP contribution in [0.4, 0.5) is 4.39 Å². The van der Waals surface area contributed by atoms with E-state index in [4.69, 9.17) is 0 Å². The van der Waals surface area contributed by atoms with Gasteiger partial charge in [-0.25, -0.2) is 4.39 Å². The minimum atomic E-state index is -1.02. The van der Waals surface area contributed by atoms with E-state index in [0.717, 1.165) is 0 Å². The van der Waals surface area contributed by atoms with Gasteiger partial charge >= 0.3 is 0 Å². The van der Waals surface area contributed by atoms with Gasteiger partial charge in [-0.15, -0.1) is 4.91 Å². The summed E-state index contributed by atoms with van der Waals surface area (Å²) in [6.07, 6.45) is 0.417. The first-order chi connectivity index (χ1) is 5.77. The minimum Gasteiger partial charge on any atom is -0.300 e. The van der Waals surface area contributed by atoms with Gasteiger partial charge in [0.05, 0.1) is 0 Å². The molecule has 0 heterocycles. The summed E-state index contributed by atoms with van der Waals surface area (Å²) < 4.78 is 12.4. The van der Waals surface area contributed by atoms with Crippen LogP contribution >= 0.6 is 0 Å². The van der Waals surface area contributed by atoms with Crippen molar-refractivity contribution in [1.82, 2.24) is 0 Å². The Hall–Kier alpha value is -1.58. The number of hydrogen-bond donors (Lipinski definition) is 0. The number of halogens is 1. The molecule has 1 atom stereocenters. The number of rotatable bonds is 3. The lowest BCUT2D eigenvalue weighted by Gasteiger charge is -1.99. The summed E-state index contributed by atoms with van der Waals surface area (Å²) in [5.41, 5.74) is 0.404. The molecule has 1 aromatic carbocycles. The lowest BCUT2D eigenvalue weighted by Crippen LogP contribution is -1.95. The molecule has 0 saturated heterocycles. The van der Waals surface area contributed by atoms with Gasteiger partial charge in [-0.1, -0.05) is 17.3 Å². The molecule has 0 radical (unpaired) electrons. The van der Waals surface area contributed by atoms with Crippen molar-refractivity contribution in [3.8, 4) is 0 Å². The zero-order chi connectivity index (χ0) is 8.97. The molecule has 0 spiro atoms. The van der Waals surface area contributed by atoms with Crippen LogP contribution in [0.15, 0.2) is 29.4 Å². The maximum absolute atomic E-state index is 12.4. The third-order valence-corrected chi connectivity index (χ3v) is 1.45. The molecule has 0 aliphatic heterocycles. The Morgan fingerprint density at radius 1 is 1.33 bits per heavy atom. The number of nitrogens with zero attached hydrogens (tertiary/aromatic N) is 1. The first-order valence-electron chi connectivity index (χ1n) is 3.31. The molecule has 0 aromatic heterocycles. The first kappa shape index (κ1) is 8.52. The van der Waals surface area contributed by atoms with Gasteiger partial charge in [-0.05, 0) is 17.7 Å². The molecule has 12 heavy (non-hydrogen) atoms. The Kier molecular flexibility index (Phi) is 2.63. The zero-order valence-corrected chi connectivity index (χ0v) is 6.11. The lowest BCUT2D eigenvalue weighted by atomic mass is 10.1. The van der Waals surface area contributed by atoms with Crippen LogP contribution < -0.4 is 0 Å². The van der Waals surface area contributed by atoms with Gasteiger partial charge in [-0.3, -0.25) is 0 Å². The van der Waals surface area contributed by atoms with Crippen molar-refractivity contribution in [2.45, 2.75) is 6.04 Å². The van der Waals surface area contributed by atoms with Gasteiger partial charge in [0.2, 0.25) is 0 Å².